The Morgan fingerprint density at radius 1 is 1.48 bits per heavy atom. The van der Waals surface area contributed by atoms with Gasteiger partial charge in [-0.1, -0.05) is 5.21 Å². The van der Waals surface area contributed by atoms with Crippen molar-refractivity contribution in [3.63, 3.8) is 0 Å². The molecule has 0 spiro atoms. The van der Waals surface area contributed by atoms with Gasteiger partial charge in [0.05, 0.1) is 18.3 Å². The Balaban J connectivity index is 1.96. The summed E-state index contributed by atoms with van der Waals surface area (Å²) in [5.74, 6) is 1.51. The Hall–Kier alpha value is -2.15. The Kier molecular flexibility index (Phi) is 4.13. The number of likely N-dealkylation sites (N-methyl/N-ethyl adjacent to an activating group) is 1. The van der Waals surface area contributed by atoms with Gasteiger partial charge in [0.2, 0.25) is 5.91 Å². The molecule has 7 nitrogen and oxygen atoms in total. The number of aryl methyl sites for hydroxylation is 1. The molecule has 0 saturated heterocycles. The summed E-state index contributed by atoms with van der Waals surface area (Å²) in [5, 5.41) is 7.92. The highest BCUT2D eigenvalue weighted by molar-refractivity contribution is 5.75. The van der Waals surface area contributed by atoms with Crippen LogP contribution in [0.25, 0.3) is 0 Å². The highest BCUT2D eigenvalue weighted by Crippen LogP contribution is 2.13. The molecule has 0 saturated carbocycles. The summed E-state index contributed by atoms with van der Waals surface area (Å²) >= 11 is 0. The predicted molar refractivity (Wildman–Crippen MR) is 77.2 cm³/mol. The Morgan fingerprint density at radius 3 is 2.71 bits per heavy atom. The van der Waals surface area contributed by atoms with Gasteiger partial charge in [-0.2, -0.15) is 0 Å². The second-order valence-corrected chi connectivity index (χ2v) is 5.79. The van der Waals surface area contributed by atoms with E-state index >= 15 is 0 Å². The van der Waals surface area contributed by atoms with Crippen LogP contribution in [0.4, 0.5) is 0 Å². The number of rotatable bonds is 5. The van der Waals surface area contributed by atoms with E-state index in [1.54, 1.807) is 18.1 Å². The molecule has 2 rings (SSSR count). The standard InChI is InChI=1S/C14H21N5O2/c1-10-5-6-11(21-10)7-18(4)13(20)9-19-8-12(16-17-19)14(2,3)15/h5-6,8H,7,9,15H2,1-4H3. The molecule has 0 unspecified atom stereocenters. The predicted octanol–water partition coefficient (Wildman–Crippen LogP) is 1.03. The largest absolute Gasteiger partial charge is 0.464 e. The van der Waals surface area contributed by atoms with Gasteiger partial charge in [-0.3, -0.25) is 4.79 Å². The molecule has 0 radical (unpaired) electrons. The number of nitrogens with two attached hydrogens (primary N) is 1. The van der Waals surface area contributed by atoms with Crippen LogP contribution in [0.5, 0.6) is 0 Å². The second kappa shape index (κ2) is 5.69. The first-order valence-electron chi connectivity index (χ1n) is 6.74. The maximum Gasteiger partial charge on any atom is 0.244 e. The normalized spacial score (nSPS) is 11.7. The fourth-order valence-electron chi connectivity index (χ4n) is 1.82. The van der Waals surface area contributed by atoms with Gasteiger partial charge in [-0.05, 0) is 32.9 Å². The first kappa shape index (κ1) is 15.2. The number of hydrogen-bond donors (Lipinski definition) is 1. The van der Waals surface area contributed by atoms with E-state index in [-0.39, 0.29) is 12.5 Å². The monoisotopic (exact) mass is 291 g/mol. The summed E-state index contributed by atoms with van der Waals surface area (Å²) in [6.07, 6.45) is 1.70. The highest BCUT2D eigenvalue weighted by Gasteiger charge is 2.19. The van der Waals surface area contributed by atoms with Crippen LogP contribution in [-0.4, -0.2) is 32.8 Å². The number of amides is 1. The van der Waals surface area contributed by atoms with Gasteiger partial charge in [0.15, 0.2) is 0 Å². The van der Waals surface area contributed by atoms with E-state index in [0.29, 0.717) is 12.2 Å². The molecule has 0 aliphatic carbocycles. The van der Waals surface area contributed by atoms with E-state index in [4.69, 9.17) is 10.2 Å². The van der Waals surface area contributed by atoms with Crippen LogP contribution in [-0.2, 0) is 23.4 Å². The number of hydrogen-bond acceptors (Lipinski definition) is 5. The third-order valence-corrected chi connectivity index (χ3v) is 3.11. The van der Waals surface area contributed by atoms with Crippen molar-refractivity contribution in [3.05, 3.63) is 35.5 Å². The van der Waals surface area contributed by atoms with Crippen molar-refractivity contribution >= 4 is 5.91 Å². The maximum absolute atomic E-state index is 12.1. The third kappa shape index (κ3) is 3.91. The molecule has 2 aromatic rings. The fraction of sp³-hybridized carbons (Fsp3) is 0.500. The molecule has 114 valence electrons. The van der Waals surface area contributed by atoms with Gasteiger partial charge in [0.25, 0.3) is 0 Å². The zero-order valence-electron chi connectivity index (χ0n) is 12.8. The molecule has 0 fully saturated rings. The fourth-order valence-corrected chi connectivity index (χ4v) is 1.82. The molecule has 1 amide bonds. The SMILES string of the molecule is Cc1ccc(CN(C)C(=O)Cn2cc(C(C)(C)N)nn2)o1. The lowest BCUT2D eigenvalue weighted by atomic mass is 10.0. The molecule has 2 aromatic heterocycles. The quantitative estimate of drug-likeness (QED) is 0.888. The molecule has 0 atom stereocenters. The zero-order valence-corrected chi connectivity index (χ0v) is 12.8. The van der Waals surface area contributed by atoms with Crippen LogP contribution in [0.2, 0.25) is 0 Å². The topological polar surface area (TPSA) is 90.2 Å². The van der Waals surface area contributed by atoms with Crippen molar-refractivity contribution < 1.29 is 9.21 Å². The average Bonchev–Trinajstić information content (AvgIpc) is 2.98. The first-order valence-corrected chi connectivity index (χ1v) is 6.74. The van der Waals surface area contributed by atoms with Crippen molar-refractivity contribution in [2.45, 2.75) is 39.4 Å². The van der Waals surface area contributed by atoms with Crippen LogP contribution in [0.1, 0.15) is 31.1 Å². The molecule has 0 aliphatic heterocycles. The van der Waals surface area contributed by atoms with E-state index in [0.717, 1.165) is 11.5 Å². The minimum absolute atomic E-state index is 0.0738. The molecule has 0 bridgehead atoms. The number of carbonyl (C=O) groups is 1. The molecule has 7 heteroatoms. The van der Waals surface area contributed by atoms with Crippen LogP contribution < -0.4 is 5.73 Å². The highest BCUT2D eigenvalue weighted by atomic mass is 16.3. The van der Waals surface area contributed by atoms with Gasteiger partial charge in [0, 0.05) is 7.05 Å². The Morgan fingerprint density at radius 2 is 2.19 bits per heavy atom. The van der Waals surface area contributed by atoms with Crippen LogP contribution in [0, 0.1) is 6.92 Å². The molecule has 0 aromatic carbocycles. The van der Waals surface area contributed by atoms with Gasteiger partial charge < -0.3 is 15.1 Å². The summed E-state index contributed by atoms with van der Waals surface area (Å²) < 4.78 is 6.95. The number of nitrogens with zero attached hydrogens (tertiary/aromatic N) is 4. The molecular formula is C14H21N5O2. The Labute approximate surface area is 123 Å². The van der Waals surface area contributed by atoms with Crippen molar-refractivity contribution in [2.24, 2.45) is 5.73 Å². The molecule has 2 heterocycles. The summed E-state index contributed by atoms with van der Waals surface area (Å²) in [6, 6.07) is 3.74. The summed E-state index contributed by atoms with van der Waals surface area (Å²) in [6.45, 7) is 6.11. The molecule has 0 aliphatic rings. The lowest BCUT2D eigenvalue weighted by molar-refractivity contribution is -0.131. The van der Waals surface area contributed by atoms with Crippen molar-refractivity contribution in [1.29, 1.82) is 0 Å². The van der Waals surface area contributed by atoms with Crippen LogP contribution >= 0.6 is 0 Å². The summed E-state index contributed by atoms with van der Waals surface area (Å²) in [7, 11) is 1.73. The van der Waals surface area contributed by atoms with Crippen molar-refractivity contribution in [2.75, 3.05) is 7.05 Å². The van der Waals surface area contributed by atoms with Crippen LogP contribution in [0.3, 0.4) is 0 Å². The maximum atomic E-state index is 12.1. The van der Waals surface area contributed by atoms with Gasteiger partial charge in [-0.15, -0.1) is 5.10 Å². The smallest absolute Gasteiger partial charge is 0.244 e. The van der Waals surface area contributed by atoms with E-state index in [1.807, 2.05) is 32.9 Å². The minimum atomic E-state index is -0.571. The lowest BCUT2D eigenvalue weighted by Gasteiger charge is -2.15. The van der Waals surface area contributed by atoms with Gasteiger partial charge in [-0.25, -0.2) is 4.68 Å². The second-order valence-electron chi connectivity index (χ2n) is 5.79. The van der Waals surface area contributed by atoms with E-state index in [9.17, 15) is 4.79 Å². The van der Waals surface area contributed by atoms with E-state index in [2.05, 4.69) is 10.3 Å². The zero-order chi connectivity index (χ0) is 15.6. The van der Waals surface area contributed by atoms with Crippen LogP contribution in [0.15, 0.2) is 22.7 Å². The van der Waals surface area contributed by atoms with E-state index < -0.39 is 5.54 Å². The van der Waals surface area contributed by atoms with Crippen molar-refractivity contribution in [3.8, 4) is 0 Å². The number of aromatic nitrogens is 3. The van der Waals surface area contributed by atoms with Gasteiger partial charge >= 0.3 is 0 Å². The average molecular weight is 291 g/mol. The third-order valence-electron chi connectivity index (χ3n) is 3.11. The number of furan rings is 1. The first-order chi connectivity index (χ1) is 9.75. The minimum Gasteiger partial charge on any atom is -0.464 e. The molecular weight excluding hydrogens is 270 g/mol. The summed E-state index contributed by atoms with van der Waals surface area (Å²) in [4.78, 5) is 13.7. The van der Waals surface area contributed by atoms with Crippen molar-refractivity contribution in [1.82, 2.24) is 19.9 Å². The molecule has 2 N–H and O–H groups in total. The molecule has 21 heavy (non-hydrogen) atoms. The number of carbonyl (C=O) groups excluding carboxylic acids is 1. The summed E-state index contributed by atoms with van der Waals surface area (Å²) in [5.41, 5.74) is 6.02. The lowest BCUT2D eigenvalue weighted by Crippen LogP contribution is -2.30. The Bertz CT molecular complexity index is 623. The van der Waals surface area contributed by atoms with Gasteiger partial charge in [0.1, 0.15) is 23.8 Å². The van der Waals surface area contributed by atoms with E-state index in [1.165, 1.54) is 4.68 Å².